The summed E-state index contributed by atoms with van der Waals surface area (Å²) in [6.07, 6.45) is 3.24. The van der Waals surface area contributed by atoms with Crippen molar-refractivity contribution in [2.24, 2.45) is 0 Å². The molecule has 0 radical (unpaired) electrons. The molecule has 0 aliphatic rings. The Hall–Kier alpha value is -1.95. The molecule has 0 aliphatic carbocycles. The smallest absolute Gasteiger partial charge is 0.159 e. The number of hydrogen-bond donors (Lipinski definition) is 0. The molecule has 0 atom stereocenters. The summed E-state index contributed by atoms with van der Waals surface area (Å²) in [5, 5.41) is 4.74. The lowest BCUT2D eigenvalue weighted by Crippen LogP contribution is -1.96. The van der Waals surface area contributed by atoms with E-state index in [1.54, 1.807) is 30.0 Å². The van der Waals surface area contributed by atoms with Crippen molar-refractivity contribution < 1.29 is 9.13 Å². The zero-order valence-corrected chi connectivity index (χ0v) is 12.3. The van der Waals surface area contributed by atoms with Gasteiger partial charge in [0.15, 0.2) is 5.65 Å². The second-order valence-corrected chi connectivity index (χ2v) is 4.82. The minimum Gasteiger partial charge on any atom is -0.497 e. The Morgan fingerprint density at radius 2 is 2.20 bits per heavy atom. The fourth-order valence-electron chi connectivity index (χ4n) is 2.09. The number of ether oxygens (including phenoxy) is 1. The highest BCUT2D eigenvalue weighted by Crippen LogP contribution is 2.29. The average Bonchev–Trinajstić information content (AvgIpc) is 2.95. The van der Waals surface area contributed by atoms with Gasteiger partial charge in [0.05, 0.1) is 7.11 Å². The summed E-state index contributed by atoms with van der Waals surface area (Å²) in [5.41, 5.74) is 2.91. The van der Waals surface area contributed by atoms with E-state index in [2.05, 4.69) is 26.0 Å². The molecule has 3 rings (SSSR count). The molecule has 0 saturated carbocycles. The van der Waals surface area contributed by atoms with E-state index in [1.165, 1.54) is 12.4 Å². The highest BCUT2D eigenvalue weighted by molar-refractivity contribution is 9.08. The normalized spacial score (nSPS) is 10.9. The van der Waals surface area contributed by atoms with Crippen LogP contribution in [0, 0.1) is 5.82 Å². The van der Waals surface area contributed by atoms with Gasteiger partial charge < -0.3 is 4.74 Å². The van der Waals surface area contributed by atoms with Crippen LogP contribution in [0.4, 0.5) is 4.39 Å². The van der Waals surface area contributed by atoms with Crippen molar-refractivity contribution in [1.29, 1.82) is 0 Å². The molecule has 3 aromatic rings. The highest BCUT2D eigenvalue weighted by atomic mass is 79.9. The summed E-state index contributed by atoms with van der Waals surface area (Å²) < 4.78 is 20.8. The van der Waals surface area contributed by atoms with Crippen molar-refractivity contribution in [2.45, 2.75) is 5.33 Å². The van der Waals surface area contributed by atoms with Gasteiger partial charge in [-0.1, -0.05) is 15.9 Å². The number of nitrogens with zero attached hydrogens (tertiary/aromatic N) is 3. The third-order valence-electron chi connectivity index (χ3n) is 3.08. The Balaban J connectivity index is 2.23. The van der Waals surface area contributed by atoms with Crippen LogP contribution in [0.15, 0.2) is 36.8 Å². The lowest BCUT2D eigenvalue weighted by atomic mass is 10.1. The number of pyridine rings is 1. The first kappa shape index (κ1) is 13.1. The summed E-state index contributed by atoms with van der Waals surface area (Å²) in [6, 6.07) is 6.56. The molecule has 0 saturated heterocycles. The number of benzene rings is 1. The molecule has 2 aromatic heterocycles. The van der Waals surface area contributed by atoms with Crippen LogP contribution in [-0.4, -0.2) is 21.7 Å². The van der Waals surface area contributed by atoms with Crippen LogP contribution in [-0.2, 0) is 5.33 Å². The van der Waals surface area contributed by atoms with Crippen molar-refractivity contribution >= 4 is 21.6 Å². The second-order valence-electron chi connectivity index (χ2n) is 4.26. The Bertz CT molecular complexity index is 772. The van der Waals surface area contributed by atoms with Crippen LogP contribution in [0.25, 0.3) is 16.8 Å². The number of alkyl halides is 1. The van der Waals surface area contributed by atoms with Crippen LogP contribution >= 0.6 is 15.9 Å². The van der Waals surface area contributed by atoms with Crippen LogP contribution in [0.5, 0.6) is 5.75 Å². The van der Waals surface area contributed by atoms with E-state index in [4.69, 9.17) is 4.74 Å². The van der Waals surface area contributed by atoms with Gasteiger partial charge in [0.2, 0.25) is 0 Å². The Morgan fingerprint density at radius 3 is 2.95 bits per heavy atom. The van der Waals surface area contributed by atoms with Gasteiger partial charge in [-0.2, -0.15) is 5.10 Å². The van der Waals surface area contributed by atoms with Crippen molar-refractivity contribution in [3.63, 3.8) is 0 Å². The van der Waals surface area contributed by atoms with Gasteiger partial charge in [0.1, 0.15) is 17.9 Å². The largest absolute Gasteiger partial charge is 0.497 e. The van der Waals surface area contributed by atoms with Gasteiger partial charge in [-0.3, -0.25) is 0 Å². The molecule has 0 unspecified atom stereocenters. The minimum absolute atomic E-state index is 0.300. The van der Waals surface area contributed by atoms with E-state index < -0.39 is 0 Å². The molecule has 102 valence electrons. The standard InChI is InChI=1S/C14H11BrFN3O/c1-20-11-2-3-13(16)12(5-11)10-4-9(6-15)14-17-8-18-19(14)7-10/h2-5,7-8H,6H2,1H3. The summed E-state index contributed by atoms with van der Waals surface area (Å²) in [7, 11) is 1.56. The number of hydrogen-bond acceptors (Lipinski definition) is 3. The Labute approximate surface area is 123 Å². The van der Waals surface area contributed by atoms with E-state index in [1.807, 2.05) is 6.07 Å². The molecule has 0 aliphatic heterocycles. The van der Waals surface area contributed by atoms with Crippen molar-refractivity contribution in [3.05, 3.63) is 48.2 Å². The van der Waals surface area contributed by atoms with Crippen LogP contribution in [0.2, 0.25) is 0 Å². The Morgan fingerprint density at radius 1 is 1.35 bits per heavy atom. The highest BCUT2D eigenvalue weighted by Gasteiger charge is 2.11. The molecular weight excluding hydrogens is 325 g/mol. The lowest BCUT2D eigenvalue weighted by Gasteiger charge is -2.08. The monoisotopic (exact) mass is 335 g/mol. The van der Waals surface area contributed by atoms with Gasteiger partial charge in [-0.15, -0.1) is 0 Å². The molecule has 2 heterocycles. The predicted octanol–water partition coefficient (Wildman–Crippen LogP) is 3.44. The molecular formula is C14H11BrFN3O. The van der Waals surface area contributed by atoms with E-state index in [0.29, 0.717) is 16.6 Å². The number of rotatable bonds is 3. The van der Waals surface area contributed by atoms with Crippen LogP contribution in [0.3, 0.4) is 0 Å². The summed E-state index contributed by atoms with van der Waals surface area (Å²) in [5.74, 6) is 0.311. The molecule has 0 amide bonds. The number of halogens is 2. The molecule has 0 fully saturated rings. The van der Waals surface area contributed by atoms with E-state index in [-0.39, 0.29) is 5.82 Å². The maximum absolute atomic E-state index is 14.0. The third kappa shape index (κ3) is 2.16. The molecule has 0 bridgehead atoms. The SMILES string of the molecule is COc1ccc(F)c(-c2cc(CBr)c3ncnn3c2)c1. The van der Waals surface area contributed by atoms with E-state index in [9.17, 15) is 4.39 Å². The molecule has 4 nitrogen and oxygen atoms in total. The fraction of sp³-hybridized carbons (Fsp3) is 0.143. The molecule has 0 spiro atoms. The summed E-state index contributed by atoms with van der Waals surface area (Å²) in [4.78, 5) is 4.18. The number of fused-ring (bicyclic) bond motifs is 1. The number of methoxy groups -OCH3 is 1. The first-order valence-corrected chi connectivity index (χ1v) is 7.07. The average molecular weight is 336 g/mol. The maximum atomic E-state index is 14.0. The molecule has 20 heavy (non-hydrogen) atoms. The summed E-state index contributed by atoms with van der Waals surface area (Å²) in [6.45, 7) is 0. The first-order chi connectivity index (χ1) is 9.72. The van der Waals surface area contributed by atoms with Crippen molar-refractivity contribution in [2.75, 3.05) is 7.11 Å². The zero-order valence-electron chi connectivity index (χ0n) is 10.7. The van der Waals surface area contributed by atoms with Gasteiger partial charge in [0, 0.05) is 28.2 Å². The minimum atomic E-state index is -0.300. The van der Waals surface area contributed by atoms with Crippen LogP contribution in [0.1, 0.15) is 5.56 Å². The fourth-order valence-corrected chi connectivity index (χ4v) is 2.51. The molecule has 1 aromatic carbocycles. The van der Waals surface area contributed by atoms with E-state index in [0.717, 1.165) is 16.8 Å². The van der Waals surface area contributed by atoms with Crippen molar-refractivity contribution in [3.8, 4) is 16.9 Å². The Kier molecular flexibility index (Phi) is 3.40. The van der Waals surface area contributed by atoms with Crippen LogP contribution < -0.4 is 4.74 Å². The van der Waals surface area contributed by atoms with Gasteiger partial charge in [0.25, 0.3) is 0 Å². The molecule has 0 N–H and O–H groups in total. The van der Waals surface area contributed by atoms with Crippen molar-refractivity contribution in [1.82, 2.24) is 14.6 Å². The van der Waals surface area contributed by atoms with Gasteiger partial charge >= 0.3 is 0 Å². The zero-order chi connectivity index (χ0) is 14.1. The third-order valence-corrected chi connectivity index (χ3v) is 3.68. The lowest BCUT2D eigenvalue weighted by molar-refractivity contribution is 0.414. The second kappa shape index (κ2) is 5.20. The van der Waals surface area contributed by atoms with E-state index >= 15 is 0 Å². The van der Waals surface area contributed by atoms with Gasteiger partial charge in [-0.05, 0) is 24.3 Å². The topological polar surface area (TPSA) is 39.4 Å². The maximum Gasteiger partial charge on any atom is 0.159 e. The number of aromatic nitrogens is 3. The van der Waals surface area contributed by atoms with Gasteiger partial charge in [-0.25, -0.2) is 13.9 Å². The quantitative estimate of drug-likeness (QED) is 0.688. The molecule has 6 heteroatoms. The summed E-state index contributed by atoms with van der Waals surface area (Å²) >= 11 is 3.42. The predicted molar refractivity (Wildman–Crippen MR) is 77.6 cm³/mol. The first-order valence-electron chi connectivity index (χ1n) is 5.95.